The van der Waals surface area contributed by atoms with E-state index >= 15 is 0 Å². The van der Waals surface area contributed by atoms with Gasteiger partial charge in [0.15, 0.2) is 11.6 Å². The number of nitrogens with zero attached hydrogens (tertiary/aromatic N) is 1. The van der Waals surface area contributed by atoms with Crippen LogP contribution in [0.5, 0.6) is 0 Å². The fourth-order valence-electron chi connectivity index (χ4n) is 1.08. The number of nitrogens with two attached hydrogens (primary N) is 1. The Bertz CT molecular complexity index is 468. The Hall–Kier alpha value is -2.00. The maximum atomic E-state index is 12.9. The van der Waals surface area contributed by atoms with Gasteiger partial charge >= 0.3 is 13.1 Å². The molecule has 0 aliphatic carbocycles. The standard InChI is InChI=1S/C8H8BF2N3O3/c10-6-1-4(3-13-14-8(12)15)5(9(16)17)2-7(6)11/h1-3,16-17H,(H3,12,14,15). The lowest BCUT2D eigenvalue weighted by molar-refractivity contribution is 0.249. The van der Waals surface area contributed by atoms with Crippen molar-refractivity contribution in [2.24, 2.45) is 10.8 Å². The highest BCUT2D eigenvalue weighted by Gasteiger charge is 2.18. The summed E-state index contributed by atoms with van der Waals surface area (Å²) in [5.41, 5.74) is 6.14. The highest BCUT2D eigenvalue weighted by molar-refractivity contribution is 6.60. The van der Waals surface area contributed by atoms with Crippen LogP contribution in [0.2, 0.25) is 0 Å². The molecule has 0 spiro atoms. The van der Waals surface area contributed by atoms with E-state index in [0.29, 0.717) is 12.1 Å². The summed E-state index contributed by atoms with van der Waals surface area (Å²) in [7, 11) is -2.00. The molecule has 2 amide bonds. The molecule has 90 valence electrons. The van der Waals surface area contributed by atoms with Gasteiger partial charge in [0.05, 0.1) is 6.21 Å². The summed E-state index contributed by atoms with van der Waals surface area (Å²) in [5.74, 6) is -2.41. The van der Waals surface area contributed by atoms with Crippen LogP contribution in [-0.4, -0.2) is 29.4 Å². The normalized spacial score (nSPS) is 10.6. The summed E-state index contributed by atoms with van der Waals surface area (Å²) < 4.78 is 25.7. The van der Waals surface area contributed by atoms with Crippen molar-refractivity contribution in [2.75, 3.05) is 0 Å². The summed E-state index contributed by atoms with van der Waals surface area (Å²) in [5, 5.41) is 21.1. The monoisotopic (exact) mass is 243 g/mol. The van der Waals surface area contributed by atoms with E-state index in [9.17, 15) is 13.6 Å². The summed E-state index contributed by atoms with van der Waals surface area (Å²) in [6.07, 6.45) is 0.905. The molecule has 9 heteroatoms. The number of urea groups is 1. The van der Waals surface area contributed by atoms with Crippen LogP contribution < -0.4 is 16.6 Å². The molecule has 17 heavy (non-hydrogen) atoms. The van der Waals surface area contributed by atoms with Crippen LogP contribution in [0.25, 0.3) is 0 Å². The van der Waals surface area contributed by atoms with Gasteiger partial charge in [-0.2, -0.15) is 5.10 Å². The molecule has 0 radical (unpaired) electrons. The zero-order valence-corrected chi connectivity index (χ0v) is 8.39. The first kappa shape index (κ1) is 13.1. The van der Waals surface area contributed by atoms with Gasteiger partial charge in [0.25, 0.3) is 0 Å². The molecule has 0 atom stereocenters. The molecule has 0 aromatic heterocycles. The van der Waals surface area contributed by atoms with E-state index in [0.717, 1.165) is 6.21 Å². The second kappa shape index (κ2) is 5.37. The number of hydrazone groups is 1. The van der Waals surface area contributed by atoms with Gasteiger partial charge in [-0.3, -0.25) is 0 Å². The Labute approximate surface area is 94.9 Å². The molecular weight excluding hydrogens is 235 g/mol. The van der Waals surface area contributed by atoms with E-state index in [-0.39, 0.29) is 11.0 Å². The van der Waals surface area contributed by atoms with Crippen LogP contribution in [-0.2, 0) is 0 Å². The number of benzene rings is 1. The lowest BCUT2D eigenvalue weighted by atomic mass is 9.77. The Kier molecular flexibility index (Phi) is 4.13. The van der Waals surface area contributed by atoms with Crippen molar-refractivity contribution in [3.05, 3.63) is 29.3 Å². The smallest absolute Gasteiger partial charge is 0.423 e. The third kappa shape index (κ3) is 3.50. The minimum Gasteiger partial charge on any atom is -0.423 e. The fraction of sp³-hybridized carbons (Fsp3) is 0. The Balaban J connectivity index is 3.08. The minimum absolute atomic E-state index is 0.104. The van der Waals surface area contributed by atoms with Crippen molar-refractivity contribution in [1.29, 1.82) is 0 Å². The van der Waals surface area contributed by atoms with Gasteiger partial charge in [0, 0.05) is 0 Å². The van der Waals surface area contributed by atoms with Gasteiger partial charge in [0.1, 0.15) is 0 Å². The molecule has 0 bridgehead atoms. The second-order valence-electron chi connectivity index (χ2n) is 3.00. The second-order valence-corrected chi connectivity index (χ2v) is 3.00. The van der Waals surface area contributed by atoms with E-state index in [2.05, 4.69) is 5.10 Å². The predicted octanol–water partition coefficient (Wildman–Crippen LogP) is -1.35. The van der Waals surface area contributed by atoms with Gasteiger partial charge in [-0.1, -0.05) is 0 Å². The van der Waals surface area contributed by atoms with Crippen LogP contribution in [0.4, 0.5) is 13.6 Å². The molecule has 5 N–H and O–H groups in total. The molecular formula is C8H8BF2N3O3. The average Bonchev–Trinajstić information content (AvgIpc) is 2.22. The van der Waals surface area contributed by atoms with Gasteiger partial charge in [-0.05, 0) is 23.2 Å². The maximum Gasteiger partial charge on any atom is 0.489 e. The molecule has 0 unspecified atom stereocenters. The first-order valence-corrected chi connectivity index (χ1v) is 4.35. The zero-order chi connectivity index (χ0) is 13.0. The van der Waals surface area contributed by atoms with E-state index in [4.69, 9.17) is 15.8 Å². The van der Waals surface area contributed by atoms with Gasteiger partial charge in [-0.25, -0.2) is 19.0 Å². The van der Waals surface area contributed by atoms with Crippen molar-refractivity contribution in [3.63, 3.8) is 0 Å². The first-order chi connectivity index (χ1) is 7.91. The number of hydrogen-bond acceptors (Lipinski definition) is 4. The summed E-state index contributed by atoms with van der Waals surface area (Å²) in [6.45, 7) is 0. The zero-order valence-electron chi connectivity index (χ0n) is 8.39. The molecule has 0 aliphatic rings. The van der Waals surface area contributed by atoms with Gasteiger partial charge < -0.3 is 15.8 Å². The Morgan fingerprint density at radius 2 is 2.00 bits per heavy atom. The largest absolute Gasteiger partial charge is 0.489 e. The van der Waals surface area contributed by atoms with Crippen LogP contribution in [0.15, 0.2) is 17.2 Å². The Morgan fingerprint density at radius 3 is 2.53 bits per heavy atom. The van der Waals surface area contributed by atoms with Crippen molar-refractivity contribution >= 4 is 24.8 Å². The van der Waals surface area contributed by atoms with Crippen LogP contribution in [0.1, 0.15) is 5.56 Å². The number of amides is 2. The number of carbonyl (C=O) groups is 1. The third-order valence-electron chi connectivity index (χ3n) is 1.78. The highest BCUT2D eigenvalue weighted by atomic mass is 19.2. The van der Waals surface area contributed by atoms with Crippen molar-refractivity contribution in [1.82, 2.24) is 5.43 Å². The predicted molar refractivity (Wildman–Crippen MR) is 56.5 cm³/mol. The first-order valence-electron chi connectivity index (χ1n) is 4.35. The summed E-state index contributed by atoms with van der Waals surface area (Å²) >= 11 is 0. The summed E-state index contributed by atoms with van der Waals surface area (Å²) in [6, 6.07) is 0.372. The SMILES string of the molecule is NC(=O)NN=Cc1cc(F)c(F)cc1B(O)O. The Morgan fingerprint density at radius 1 is 1.41 bits per heavy atom. The quantitative estimate of drug-likeness (QED) is 0.299. The van der Waals surface area contributed by atoms with E-state index in [1.807, 2.05) is 5.43 Å². The number of primary amides is 1. The number of halogens is 2. The average molecular weight is 243 g/mol. The van der Waals surface area contributed by atoms with Gasteiger partial charge in [-0.15, -0.1) is 0 Å². The fourth-order valence-corrected chi connectivity index (χ4v) is 1.08. The van der Waals surface area contributed by atoms with E-state index < -0.39 is 24.8 Å². The molecule has 1 aromatic carbocycles. The topological polar surface area (TPSA) is 108 Å². The van der Waals surface area contributed by atoms with Crippen LogP contribution >= 0.6 is 0 Å². The lowest BCUT2D eigenvalue weighted by Crippen LogP contribution is -2.34. The lowest BCUT2D eigenvalue weighted by Gasteiger charge is -2.05. The maximum absolute atomic E-state index is 12.9. The summed E-state index contributed by atoms with van der Waals surface area (Å²) in [4.78, 5) is 10.3. The van der Waals surface area contributed by atoms with Crippen molar-refractivity contribution in [2.45, 2.75) is 0 Å². The molecule has 0 heterocycles. The number of nitrogens with one attached hydrogen (secondary N) is 1. The van der Waals surface area contributed by atoms with E-state index in [1.54, 1.807) is 0 Å². The highest BCUT2D eigenvalue weighted by Crippen LogP contribution is 2.06. The van der Waals surface area contributed by atoms with E-state index in [1.165, 1.54) is 0 Å². The van der Waals surface area contributed by atoms with Gasteiger partial charge in [0.2, 0.25) is 0 Å². The third-order valence-corrected chi connectivity index (χ3v) is 1.78. The minimum atomic E-state index is -2.00. The molecule has 0 saturated heterocycles. The molecule has 0 aliphatic heterocycles. The number of rotatable bonds is 3. The molecule has 1 rings (SSSR count). The molecule has 0 saturated carbocycles. The molecule has 0 fully saturated rings. The molecule has 6 nitrogen and oxygen atoms in total. The number of carbonyl (C=O) groups excluding carboxylic acids is 1. The number of hydrogen-bond donors (Lipinski definition) is 4. The van der Waals surface area contributed by atoms with Crippen LogP contribution in [0, 0.1) is 11.6 Å². The van der Waals surface area contributed by atoms with Crippen molar-refractivity contribution in [3.8, 4) is 0 Å². The van der Waals surface area contributed by atoms with Crippen molar-refractivity contribution < 1.29 is 23.6 Å². The molecule has 1 aromatic rings. The van der Waals surface area contributed by atoms with Crippen LogP contribution in [0.3, 0.4) is 0 Å².